The van der Waals surface area contributed by atoms with Crippen LogP contribution < -0.4 is 14.2 Å². The fourth-order valence-electron chi connectivity index (χ4n) is 1.76. The fourth-order valence-corrected chi connectivity index (χ4v) is 1.76. The third-order valence-corrected chi connectivity index (χ3v) is 2.68. The molecule has 0 aromatic heterocycles. The van der Waals surface area contributed by atoms with Gasteiger partial charge in [0, 0.05) is 18.7 Å². The van der Waals surface area contributed by atoms with Crippen LogP contribution in [0.4, 0.5) is 0 Å². The van der Waals surface area contributed by atoms with Crippen molar-refractivity contribution in [3.63, 3.8) is 0 Å². The van der Waals surface area contributed by atoms with Crippen LogP contribution >= 0.6 is 0 Å². The molecule has 0 heterocycles. The summed E-state index contributed by atoms with van der Waals surface area (Å²) in [6.45, 7) is 2.35. The average Bonchev–Trinajstić information content (AvgIpc) is 2.41. The minimum absolute atomic E-state index is 0.191. The molecule has 0 aliphatic carbocycles. The Balaban J connectivity index is 3.04. The van der Waals surface area contributed by atoms with Gasteiger partial charge in [0.05, 0.1) is 14.2 Å². The maximum absolute atomic E-state index is 5.51. The highest BCUT2D eigenvalue weighted by molar-refractivity contribution is 5.51. The summed E-state index contributed by atoms with van der Waals surface area (Å²) in [6.07, 6.45) is 3.18. The Morgan fingerprint density at radius 3 is 2.39 bits per heavy atom. The standard InChI is InChI=1S/C14H22O4/c1-5-6-7-11-8-12(16-3)9-13(14(11)17-4)18-10-15-2/h8-9H,5-7,10H2,1-4H3. The van der Waals surface area contributed by atoms with Crippen LogP contribution in [0, 0.1) is 0 Å². The van der Waals surface area contributed by atoms with Crippen molar-refractivity contribution >= 4 is 0 Å². The SMILES string of the molecule is CCCCc1cc(OC)cc(OCOC)c1OC. The molecule has 102 valence electrons. The molecule has 0 atom stereocenters. The van der Waals surface area contributed by atoms with E-state index in [4.69, 9.17) is 18.9 Å². The van der Waals surface area contributed by atoms with Gasteiger partial charge in [0.1, 0.15) is 5.75 Å². The summed E-state index contributed by atoms with van der Waals surface area (Å²) in [6, 6.07) is 3.81. The summed E-state index contributed by atoms with van der Waals surface area (Å²) in [4.78, 5) is 0. The maximum Gasteiger partial charge on any atom is 0.188 e. The Hall–Kier alpha value is -1.42. The van der Waals surface area contributed by atoms with Gasteiger partial charge >= 0.3 is 0 Å². The van der Waals surface area contributed by atoms with E-state index >= 15 is 0 Å². The van der Waals surface area contributed by atoms with Gasteiger partial charge in [-0.3, -0.25) is 0 Å². The Morgan fingerprint density at radius 1 is 1.06 bits per heavy atom. The van der Waals surface area contributed by atoms with E-state index in [0.717, 1.165) is 36.3 Å². The van der Waals surface area contributed by atoms with Gasteiger partial charge in [-0.1, -0.05) is 13.3 Å². The molecule has 1 aromatic carbocycles. The number of benzene rings is 1. The highest BCUT2D eigenvalue weighted by Gasteiger charge is 2.13. The predicted octanol–water partition coefficient (Wildman–Crippen LogP) is 3.03. The van der Waals surface area contributed by atoms with Crippen LogP contribution in [0.5, 0.6) is 17.2 Å². The molecule has 1 aromatic rings. The molecule has 0 unspecified atom stereocenters. The summed E-state index contributed by atoms with van der Waals surface area (Å²) < 4.78 is 21.1. The normalized spacial score (nSPS) is 10.2. The van der Waals surface area contributed by atoms with Crippen molar-refractivity contribution < 1.29 is 18.9 Å². The molecule has 0 saturated heterocycles. The lowest BCUT2D eigenvalue weighted by atomic mass is 10.1. The van der Waals surface area contributed by atoms with E-state index in [0.29, 0.717) is 5.75 Å². The molecule has 4 heteroatoms. The van der Waals surface area contributed by atoms with Crippen molar-refractivity contribution in [2.45, 2.75) is 26.2 Å². The first-order valence-corrected chi connectivity index (χ1v) is 6.13. The van der Waals surface area contributed by atoms with Gasteiger partial charge in [0.2, 0.25) is 0 Å². The monoisotopic (exact) mass is 254 g/mol. The first kappa shape index (κ1) is 14.6. The largest absolute Gasteiger partial charge is 0.497 e. The van der Waals surface area contributed by atoms with Gasteiger partial charge < -0.3 is 18.9 Å². The van der Waals surface area contributed by atoms with Gasteiger partial charge in [-0.2, -0.15) is 0 Å². The molecule has 0 amide bonds. The summed E-state index contributed by atoms with van der Waals surface area (Å²) in [5.41, 5.74) is 1.10. The lowest BCUT2D eigenvalue weighted by Gasteiger charge is -2.15. The fraction of sp³-hybridized carbons (Fsp3) is 0.571. The molecule has 0 fully saturated rings. The van der Waals surface area contributed by atoms with Crippen molar-refractivity contribution in [1.29, 1.82) is 0 Å². The Labute approximate surface area is 109 Å². The second-order valence-corrected chi connectivity index (χ2v) is 3.97. The molecule has 0 N–H and O–H groups in total. The summed E-state index contributed by atoms with van der Waals surface area (Å²) >= 11 is 0. The molecular formula is C14H22O4. The van der Waals surface area contributed by atoms with Gasteiger partial charge in [-0.15, -0.1) is 0 Å². The second-order valence-electron chi connectivity index (χ2n) is 3.97. The van der Waals surface area contributed by atoms with Gasteiger partial charge in [-0.25, -0.2) is 0 Å². The first-order valence-electron chi connectivity index (χ1n) is 6.13. The van der Waals surface area contributed by atoms with E-state index in [1.165, 1.54) is 0 Å². The Bertz CT molecular complexity index is 334. The number of rotatable bonds is 8. The van der Waals surface area contributed by atoms with Crippen LogP contribution in [0.2, 0.25) is 0 Å². The van der Waals surface area contributed by atoms with Crippen LogP contribution in [-0.2, 0) is 11.2 Å². The number of methoxy groups -OCH3 is 3. The molecule has 0 aliphatic rings. The third-order valence-electron chi connectivity index (χ3n) is 2.68. The molecule has 0 saturated carbocycles. The number of ether oxygens (including phenoxy) is 4. The highest BCUT2D eigenvalue weighted by atomic mass is 16.7. The van der Waals surface area contributed by atoms with Crippen molar-refractivity contribution in [2.24, 2.45) is 0 Å². The van der Waals surface area contributed by atoms with Crippen LogP contribution in [0.15, 0.2) is 12.1 Å². The van der Waals surface area contributed by atoms with Crippen molar-refractivity contribution in [3.05, 3.63) is 17.7 Å². The van der Waals surface area contributed by atoms with E-state index < -0.39 is 0 Å². The lowest BCUT2D eigenvalue weighted by Crippen LogP contribution is -2.03. The van der Waals surface area contributed by atoms with Crippen LogP contribution in [0.25, 0.3) is 0 Å². The summed E-state index contributed by atoms with van der Waals surface area (Å²) in [5.74, 6) is 2.19. The molecule has 0 radical (unpaired) electrons. The van der Waals surface area contributed by atoms with Crippen LogP contribution in [-0.4, -0.2) is 28.1 Å². The summed E-state index contributed by atoms with van der Waals surface area (Å²) in [5, 5.41) is 0. The molecule has 1 rings (SSSR count). The van der Waals surface area contributed by atoms with Crippen molar-refractivity contribution in [3.8, 4) is 17.2 Å². The zero-order valence-corrected chi connectivity index (χ0v) is 11.6. The summed E-state index contributed by atoms with van der Waals surface area (Å²) in [7, 11) is 4.88. The van der Waals surface area contributed by atoms with Gasteiger partial charge in [0.15, 0.2) is 18.3 Å². The highest BCUT2D eigenvalue weighted by Crippen LogP contribution is 2.36. The molecule has 18 heavy (non-hydrogen) atoms. The van der Waals surface area contributed by atoms with Crippen molar-refractivity contribution in [2.75, 3.05) is 28.1 Å². The number of aryl methyl sites for hydroxylation is 1. The van der Waals surface area contributed by atoms with E-state index in [1.807, 2.05) is 12.1 Å². The molecule has 0 bridgehead atoms. The second kappa shape index (κ2) is 7.82. The van der Waals surface area contributed by atoms with E-state index in [2.05, 4.69) is 6.92 Å². The van der Waals surface area contributed by atoms with Crippen LogP contribution in [0.3, 0.4) is 0 Å². The predicted molar refractivity (Wildman–Crippen MR) is 70.7 cm³/mol. The Kier molecular flexibility index (Phi) is 6.36. The van der Waals surface area contributed by atoms with E-state index in [1.54, 1.807) is 21.3 Å². The molecular weight excluding hydrogens is 232 g/mol. The Morgan fingerprint density at radius 2 is 1.83 bits per heavy atom. The molecule has 0 spiro atoms. The zero-order chi connectivity index (χ0) is 13.4. The van der Waals surface area contributed by atoms with E-state index in [9.17, 15) is 0 Å². The molecule has 4 nitrogen and oxygen atoms in total. The number of hydrogen-bond acceptors (Lipinski definition) is 4. The quantitative estimate of drug-likeness (QED) is 0.668. The van der Waals surface area contributed by atoms with Crippen molar-refractivity contribution in [1.82, 2.24) is 0 Å². The topological polar surface area (TPSA) is 36.9 Å². The van der Waals surface area contributed by atoms with Gasteiger partial charge in [-0.05, 0) is 18.9 Å². The zero-order valence-electron chi connectivity index (χ0n) is 11.6. The van der Waals surface area contributed by atoms with Crippen LogP contribution in [0.1, 0.15) is 25.3 Å². The minimum Gasteiger partial charge on any atom is -0.497 e. The maximum atomic E-state index is 5.51. The lowest BCUT2D eigenvalue weighted by molar-refractivity contribution is 0.0489. The smallest absolute Gasteiger partial charge is 0.188 e. The number of hydrogen-bond donors (Lipinski definition) is 0. The first-order chi connectivity index (χ1) is 8.76. The average molecular weight is 254 g/mol. The minimum atomic E-state index is 0.191. The van der Waals surface area contributed by atoms with E-state index in [-0.39, 0.29) is 6.79 Å². The molecule has 0 aliphatic heterocycles. The number of unbranched alkanes of at least 4 members (excludes halogenated alkanes) is 1. The third kappa shape index (κ3) is 3.81. The van der Waals surface area contributed by atoms with Gasteiger partial charge in [0.25, 0.3) is 0 Å².